The fraction of sp³-hybridized carbons (Fsp3) is 0.316. The second-order valence-corrected chi connectivity index (χ2v) is 8.87. The van der Waals surface area contributed by atoms with Gasteiger partial charge in [-0.2, -0.15) is 4.31 Å². The largest absolute Gasteiger partial charge is 0.485 e. The van der Waals surface area contributed by atoms with E-state index in [0.717, 1.165) is 0 Å². The van der Waals surface area contributed by atoms with Crippen LogP contribution in [-0.4, -0.2) is 48.5 Å². The molecule has 144 valence electrons. The SMILES string of the molecule is CC1(Oc2ccccc2)CN(S(=O)(=O)c2cccc(C[C@H](N)C(=O)O)c2)C1. The zero-order valence-corrected chi connectivity index (χ0v) is 15.7. The Morgan fingerprint density at radius 2 is 1.89 bits per heavy atom. The highest BCUT2D eigenvalue weighted by Crippen LogP contribution is 2.32. The lowest BCUT2D eigenvalue weighted by atomic mass is 10.00. The van der Waals surface area contributed by atoms with Crippen LogP contribution in [-0.2, 0) is 21.2 Å². The molecule has 1 saturated heterocycles. The predicted octanol–water partition coefficient (Wildman–Crippen LogP) is 1.48. The molecule has 0 unspecified atom stereocenters. The number of carboxylic acid groups (broad SMARTS) is 1. The Morgan fingerprint density at radius 1 is 1.22 bits per heavy atom. The number of hydrogen-bond acceptors (Lipinski definition) is 5. The van der Waals surface area contributed by atoms with Gasteiger partial charge in [-0.15, -0.1) is 0 Å². The molecule has 1 fully saturated rings. The summed E-state index contributed by atoms with van der Waals surface area (Å²) in [6.07, 6.45) is 0.0630. The highest BCUT2D eigenvalue weighted by Gasteiger charge is 2.47. The van der Waals surface area contributed by atoms with Gasteiger partial charge in [-0.05, 0) is 43.2 Å². The number of rotatable bonds is 7. The van der Waals surface area contributed by atoms with Gasteiger partial charge in [0.05, 0.1) is 18.0 Å². The monoisotopic (exact) mass is 390 g/mol. The summed E-state index contributed by atoms with van der Waals surface area (Å²) in [5.74, 6) is -0.429. The molecule has 8 heteroatoms. The molecule has 3 rings (SSSR count). The van der Waals surface area contributed by atoms with Crippen molar-refractivity contribution in [3.8, 4) is 5.75 Å². The van der Waals surface area contributed by atoms with Crippen LogP contribution in [0.1, 0.15) is 12.5 Å². The van der Waals surface area contributed by atoms with Crippen LogP contribution >= 0.6 is 0 Å². The number of sulfonamides is 1. The average molecular weight is 390 g/mol. The van der Waals surface area contributed by atoms with E-state index in [1.807, 2.05) is 37.3 Å². The highest BCUT2D eigenvalue weighted by atomic mass is 32.2. The number of nitrogens with zero attached hydrogens (tertiary/aromatic N) is 1. The van der Waals surface area contributed by atoms with Crippen molar-refractivity contribution in [2.75, 3.05) is 13.1 Å². The number of aliphatic carboxylic acids is 1. The predicted molar refractivity (Wildman–Crippen MR) is 100.0 cm³/mol. The lowest BCUT2D eigenvalue weighted by Gasteiger charge is -2.46. The Morgan fingerprint density at radius 3 is 2.52 bits per heavy atom. The second-order valence-electron chi connectivity index (χ2n) is 6.93. The van der Waals surface area contributed by atoms with Gasteiger partial charge in [-0.1, -0.05) is 30.3 Å². The van der Waals surface area contributed by atoms with E-state index in [1.54, 1.807) is 12.1 Å². The third-order valence-corrected chi connectivity index (χ3v) is 6.23. The zero-order chi connectivity index (χ0) is 19.7. The Labute approximate surface area is 158 Å². The summed E-state index contributed by atoms with van der Waals surface area (Å²) in [6.45, 7) is 2.35. The average Bonchev–Trinajstić information content (AvgIpc) is 2.60. The molecule has 0 aromatic heterocycles. The van der Waals surface area contributed by atoms with Gasteiger partial charge in [0.2, 0.25) is 10.0 Å². The molecule has 0 amide bonds. The van der Waals surface area contributed by atoms with Crippen LogP contribution < -0.4 is 10.5 Å². The third kappa shape index (κ3) is 4.29. The van der Waals surface area contributed by atoms with Crippen LogP contribution in [0.25, 0.3) is 0 Å². The van der Waals surface area contributed by atoms with Crippen LogP contribution in [0.3, 0.4) is 0 Å². The zero-order valence-electron chi connectivity index (χ0n) is 14.9. The molecule has 2 aromatic rings. The maximum absolute atomic E-state index is 12.8. The van der Waals surface area contributed by atoms with Crippen LogP contribution in [0.2, 0.25) is 0 Å². The quantitative estimate of drug-likeness (QED) is 0.741. The van der Waals surface area contributed by atoms with Gasteiger partial charge >= 0.3 is 5.97 Å². The van der Waals surface area contributed by atoms with Gasteiger partial charge in [0.25, 0.3) is 0 Å². The van der Waals surface area contributed by atoms with Gasteiger partial charge in [-0.25, -0.2) is 8.42 Å². The van der Waals surface area contributed by atoms with E-state index < -0.39 is 27.6 Å². The van der Waals surface area contributed by atoms with Gasteiger partial charge in [-0.3, -0.25) is 4.79 Å². The summed E-state index contributed by atoms with van der Waals surface area (Å²) in [7, 11) is -3.68. The minimum atomic E-state index is -3.68. The van der Waals surface area contributed by atoms with E-state index in [9.17, 15) is 13.2 Å². The molecule has 0 aliphatic carbocycles. The molecule has 2 aromatic carbocycles. The number of carboxylic acids is 1. The first-order valence-electron chi connectivity index (χ1n) is 8.51. The molecule has 3 N–H and O–H groups in total. The van der Waals surface area contributed by atoms with Crippen molar-refractivity contribution in [3.05, 3.63) is 60.2 Å². The van der Waals surface area contributed by atoms with Gasteiger partial charge < -0.3 is 15.6 Å². The molecule has 1 aliphatic heterocycles. The first kappa shape index (κ1) is 19.3. The third-order valence-electron chi connectivity index (χ3n) is 4.44. The normalized spacial score (nSPS) is 17.7. The van der Waals surface area contributed by atoms with Crippen LogP contribution in [0.4, 0.5) is 0 Å². The van der Waals surface area contributed by atoms with Gasteiger partial charge in [0, 0.05) is 0 Å². The van der Waals surface area contributed by atoms with Crippen molar-refractivity contribution in [1.82, 2.24) is 4.31 Å². The number of para-hydroxylation sites is 1. The van der Waals surface area contributed by atoms with E-state index in [0.29, 0.717) is 11.3 Å². The van der Waals surface area contributed by atoms with Crippen LogP contribution in [0, 0.1) is 0 Å². The van der Waals surface area contributed by atoms with Gasteiger partial charge in [0.1, 0.15) is 17.4 Å². The molecule has 1 atom stereocenters. The minimum Gasteiger partial charge on any atom is -0.485 e. The van der Waals surface area contributed by atoms with Crippen LogP contribution in [0.5, 0.6) is 5.75 Å². The summed E-state index contributed by atoms with van der Waals surface area (Å²) in [5.41, 5.74) is 5.52. The molecule has 0 spiro atoms. The van der Waals surface area contributed by atoms with Crippen molar-refractivity contribution in [3.63, 3.8) is 0 Å². The number of ether oxygens (including phenoxy) is 1. The summed E-state index contributed by atoms with van der Waals surface area (Å²) >= 11 is 0. The summed E-state index contributed by atoms with van der Waals surface area (Å²) in [4.78, 5) is 11.0. The maximum atomic E-state index is 12.8. The molecular weight excluding hydrogens is 368 g/mol. The lowest BCUT2D eigenvalue weighted by molar-refractivity contribution is -0.138. The summed E-state index contributed by atoms with van der Waals surface area (Å²) < 4.78 is 33.0. The van der Waals surface area contributed by atoms with Crippen LogP contribution in [0.15, 0.2) is 59.5 Å². The van der Waals surface area contributed by atoms with Crippen molar-refractivity contribution >= 4 is 16.0 Å². The van der Waals surface area contributed by atoms with Crippen molar-refractivity contribution in [1.29, 1.82) is 0 Å². The fourth-order valence-electron chi connectivity index (χ4n) is 3.03. The van der Waals surface area contributed by atoms with Gasteiger partial charge in [0.15, 0.2) is 0 Å². The van der Waals surface area contributed by atoms with Crippen molar-refractivity contribution in [2.45, 2.75) is 29.9 Å². The van der Waals surface area contributed by atoms with E-state index in [1.165, 1.54) is 16.4 Å². The maximum Gasteiger partial charge on any atom is 0.320 e. The molecular formula is C19H22N2O5S. The summed E-state index contributed by atoms with van der Waals surface area (Å²) in [5, 5.41) is 8.92. The lowest BCUT2D eigenvalue weighted by Crippen LogP contribution is -2.64. The number of hydrogen-bond donors (Lipinski definition) is 2. The fourth-order valence-corrected chi connectivity index (χ4v) is 4.77. The van der Waals surface area contributed by atoms with E-state index >= 15 is 0 Å². The molecule has 0 radical (unpaired) electrons. The number of benzene rings is 2. The van der Waals surface area contributed by atoms with E-state index in [4.69, 9.17) is 15.6 Å². The first-order chi connectivity index (χ1) is 12.7. The Balaban J connectivity index is 1.70. The first-order valence-corrected chi connectivity index (χ1v) is 9.95. The standard InChI is InChI=1S/C19H22N2O5S/c1-19(26-15-7-3-2-4-8-15)12-21(13-19)27(24,25)16-9-5-6-14(10-16)11-17(20)18(22)23/h2-10,17H,11-13,20H2,1H3,(H,22,23)/t17-/m0/s1. The van der Waals surface area contributed by atoms with Crippen molar-refractivity contribution in [2.24, 2.45) is 5.73 Å². The second kappa shape index (κ2) is 7.30. The molecule has 0 bridgehead atoms. The minimum absolute atomic E-state index is 0.0630. The number of nitrogens with two attached hydrogens (primary N) is 1. The Kier molecular flexibility index (Phi) is 5.23. The number of carbonyl (C=O) groups is 1. The summed E-state index contributed by atoms with van der Waals surface area (Å²) in [6, 6.07) is 14.4. The Bertz CT molecular complexity index is 924. The molecule has 7 nitrogen and oxygen atoms in total. The molecule has 27 heavy (non-hydrogen) atoms. The molecule has 1 heterocycles. The highest BCUT2D eigenvalue weighted by molar-refractivity contribution is 7.89. The molecule has 0 saturated carbocycles. The Hall–Kier alpha value is -2.42. The molecule has 1 aliphatic rings. The van der Waals surface area contributed by atoms with Crippen molar-refractivity contribution < 1.29 is 23.1 Å². The topological polar surface area (TPSA) is 110 Å². The van der Waals surface area contributed by atoms with E-state index in [-0.39, 0.29) is 24.4 Å². The van der Waals surface area contributed by atoms with E-state index in [2.05, 4.69) is 0 Å². The smallest absolute Gasteiger partial charge is 0.320 e.